The van der Waals surface area contributed by atoms with E-state index in [4.69, 9.17) is 0 Å². The summed E-state index contributed by atoms with van der Waals surface area (Å²) < 4.78 is 0. The number of hydrogen-bond donors (Lipinski definition) is 2. The molecule has 5 nitrogen and oxygen atoms in total. The minimum absolute atomic E-state index is 0.0541. The molecular weight excluding hydrogens is 206 g/mol. The van der Waals surface area contributed by atoms with Crippen molar-refractivity contribution < 1.29 is 9.59 Å². The maximum Gasteiger partial charge on any atom is 0.242 e. The van der Waals surface area contributed by atoms with Crippen LogP contribution in [0.5, 0.6) is 0 Å². The van der Waals surface area contributed by atoms with E-state index in [0.29, 0.717) is 19.4 Å². The average molecular weight is 219 g/mol. The molecule has 1 fully saturated rings. The second-order valence-corrected chi connectivity index (χ2v) is 3.74. The van der Waals surface area contributed by atoms with Gasteiger partial charge in [-0.2, -0.15) is 0 Å². The van der Waals surface area contributed by atoms with Crippen LogP contribution in [0.4, 0.5) is 0 Å². The lowest BCUT2D eigenvalue weighted by Crippen LogP contribution is -2.41. The van der Waals surface area contributed by atoms with Crippen LogP contribution in [0.3, 0.4) is 0 Å². The molecule has 2 N–H and O–H groups in total. The van der Waals surface area contributed by atoms with Crippen molar-refractivity contribution in [3.05, 3.63) is 30.1 Å². The van der Waals surface area contributed by atoms with Crippen molar-refractivity contribution in [2.75, 3.05) is 0 Å². The molecule has 0 aromatic carbocycles. The van der Waals surface area contributed by atoms with E-state index < -0.39 is 0 Å². The lowest BCUT2D eigenvalue weighted by Gasteiger charge is -2.10. The van der Waals surface area contributed by atoms with Crippen molar-refractivity contribution >= 4 is 11.8 Å². The van der Waals surface area contributed by atoms with Gasteiger partial charge < -0.3 is 10.6 Å². The Bertz CT molecular complexity index is 391. The van der Waals surface area contributed by atoms with Gasteiger partial charge in [0.25, 0.3) is 0 Å². The summed E-state index contributed by atoms with van der Waals surface area (Å²) in [6, 6.07) is 3.34. The summed E-state index contributed by atoms with van der Waals surface area (Å²) in [5.74, 6) is -0.184. The molecule has 1 aliphatic heterocycles. The molecule has 1 saturated heterocycles. The van der Waals surface area contributed by atoms with Gasteiger partial charge in [0, 0.05) is 25.4 Å². The predicted octanol–water partition coefficient (Wildman–Crippen LogP) is -0.0236. The van der Waals surface area contributed by atoms with Crippen LogP contribution in [0.25, 0.3) is 0 Å². The Hall–Kier alpha value is -1.91. The lowest BCUT2D eigenvalue weighted by atomic mass is 10.2. The topological polar surface area (TPSA) is 71.1 Å². The number of carbonyl (C=O) groups is 2. The fourth-order valence-corrected chi connectivity index (χ4v) is 1.63. The van der Waals surface area contributed by atoms with Gasteiger partial charge >= 0.3 is 0 Å². The molecule has 84 valence electrons. The summed E-state index contributed by atoms with van der Waals surface area (Å²) in [6.45, 7) is 0.443. The van der Waals surface area contributed by atoms with Crippen LogP contribution in [0.1, 0.15) is 18.4 Å². The van der Waals surface area contributed by atoms with Gasteiger partial charge in [0.1, 0.15) is 6.04 Å². The SMILES string of the molecule is O=C1CC[C@@H](C(=O)NCc2cccnc2)N1. The van der Waals surface area contributed by atoms with Crippen molar-refractivity contribution in [3.8, 4) is 0 Å². The van der Waals surface area contributed by atoms with Gasteiger partial charge in [-0.15, -0.1) is 0 Å². The van der Waals surface area contributed by atoms with E-state index in [1.54, 1.807) is 12.4 Å². The second kappa shape index (κ2) is 4.74. The summed E-state index contributed by atoms with van der Waals surface area (Å²) in [4.78, 5) is 26.5. The van der Waals surface area contributed by atoms with Gasteiger partial charge in [0.05, 0.1) is 0 Å². The Balaban J connectivity index is 1.82. The summed E-state index contributed by atoms with van der Waals surface area (Å²) >= 11 is 0. The van der Waals surface area contributed by atoms with E-state index in [-0.39, 0.29) is 17.9 Å². The molecule has 0 saturated carbocycles. The molecular formula is C11H13N3O2. The van der Waals surface area contributed by atoms with Crippen LogP contribution < -0.4 is 10.6 Å². The number of nitrogens with one attached hydrogen (secondary N) is 2. The molecule has 1 aromatic rings. The number of amides is 2. The molecule has 0 unspecified atom stereocenters. The van der Waals surface area contributed by atoms with E-state index in [0.717, 1.165) is 5.56 Å². The molecule has 1 aromatic heterocycles. The maximum absolute atomic E-state index is 11.6. The Labute approximate surface area is 93.3 Å². The largest absolute Gasteiger partial charge is 0.350 e. The Kier molecular flexibility index (Phi) is 3.14. The van der Waals surface area contributed by atoms with Crippen molar-refractivity contribution in [2.45, 2.75) is 25.4 Å². The van der Waals surface area contributed by atoms with Gasteiger partial charge in [-0.3, -0.25) is 14.6 Å². The minimum Gasteiger partial charge on any atom is -0.350 e. The van der Waals surface area contributed by atoms with Crippen molar-refractivity contribution in [3.63, 3.8) is 0 Å². The van der Waals surface area contributed by atoms with Crippen molar-refractivity contribution in [2.24, 2.45) is 0 Å². The third-order valence-electron chi connectivity index (χ3n) is 2.50. The number of pyridine rings is 1. The normalized spacial score (nSPS) is 19.2. The van der Waals surface area contributed by atoms with E-state index in [2.05, 4.69) is 15.6 Å². The third kappa shape index (κ3) is 2.56. The fraction of sp³-hybridized carbons (Fsp3) is 0.364. The quantitative estimate of drug-likeness (QED) is 0.750. The van der Waals surface area contributed by atoms with Gasteiger partial charge in [0.2, 0.25) is 11.8 Å². The number of aromatic nitrogens is 1. The van der Waals surface area contributed by atoms with E-state index in [9.17, 15) is 9.59 Å². The summed E-state index contributed by atoms with van der Waals surface area (Å²) in [5.41, 5.74) is 0.945. The average Bonchev–Trinajstić information content (AvgIpc) is 2.74. The fourth-order valence-electron chi connectivity index (χ4n) is 1.63. The molecule has 2 heterocycles. The molecule has 0 aliphatic carbocycles. The smallest absolute Gasteiger partial charge is 0.242 e. The van der Waals surface area contributed by atoms with E-state index in [1.807, 2.05) is 12.1 Å². The Morgan fingerprint density at radius 1 is 1.62 bits per heavy atom. The number of nitrogens with zero attached hydrogens (tertiary/aromatic N) is 1. The number of rotatable bonds is 3. The lowest BCUT2D eigenvalue weighted by molar-refractivity contribution is -0.125. The van der Waals surface area contributed by atoms with E-state index >= 15 is 0 Å². The van der Waals surface area contributed by atoms with Crippen LogP contribution in [0, 0.1) is 0 Å². The highest BCUT2D eigenvalue weighted by Crippen LogP contribution is 2.06. The van der Waals surface area contributed by atoms with Gasteiger partial charge in [-0.05, 0) is 18.1 Å². The first-order valence-electron chi connectivity index (χ1n) is 5.21. The van der Waals surface area contributed by atoms with Crippen LogP contribution in [0.2, 0.25) is 0 Å². The molecule has 0 bridgehead atoms. The van der Waals surface area contributed by atoms with Crippen LogP contribution >= 0.6 is 0 Å². The maximum atomic E-state index is 11.6. The van der Waals surface area contributed by atoms with Crippen molar-refractivity contribution in [1.29, 1.82) is 0 Å². The molecule has 5 heteroatoms. The third-order valence-corrected chi connectivity index (χ3v) is 2.50. The predicted molar refractivity (Wildman–Crippen MR) is 57.2 cm³/mol. The van der Waals surface area contributed by atoms with Crippen LogP contribution in [0.15, 0.2) is 24.5 Å². The highest BCUT2D eigenvalue weighted by Gasteiger charge is 2.26. The molecule has 16 heavy (non-hydrogen) atoms. The standard InChI is InChI=1S/C11H13N3O2/c15-10-4-3-9(14-10)11(16)13-7-8-2-1-5-12-6-8/h1-2,5-6,9H,3-4,7H2,(H,13,16)(H,14,15)/t9-/m0/s1. The number of hydrogen-bond acceptors (Lipinski definition) is 3. The molecule has 1 aliphatic rings. The first kappa shape index (κ1) is 10.6. The molecule has 1 atom stereocenters. The van der Waals surface area contributed by atoms with Crippen molar-refractivity contribution in [1.82, 2.24) is 15.6 Å². The highest BCUT2D eigenvalue weighted by atomic mass is 16.2. The molecule has 2 rings (SSSR count). The van der Waals surface area contributed by atoms with Gasteiger partial charge in [-0.1, -0.05) is 6.07 Å². The monoisotopic (exact) mass is 219 g/mol. The Morgan fingerprint density at radius 2 is 2.50 bits per heavy atom. The summed E-state index contributed by atoms with van der Waals surface area (Å²) in [6.07, 6.45) is 4.40. The van der Waals surface area contributed by atoms with Gasteiger partial charge in [-0.25, -0.2) is 0 Å². The van der Waals surface area contributed by atoms with Crippen LogP contribution in [-0.2, 0) is 16.1 Å². The first-order chi connectivity index (χ1) is 7.75. The Morgan fingerprint density at radius 3 is 3.12 bits per heavy atom. The summed E-state index contributed by atoms with van der Waals surface area (Å²) in [5, 5.41) is 5.39. The first-order valence-corrected chi connectivity index (χ1v) is 5.21. The minimum atomic E-state index is -0.371. The number of carbonyl (C=O) groups excluding carboxylic acids is 2. The van der Waals surface area contributed by atoms with Crippen LogP contribution in [-0.4, -0.2) is 22.8 Å². The van der Waals surface area contributed by atoms with Gasteiger partial charge in [0.15, 0.2) is 0 Å². The zero-order chi connectivity index (χ0) is 11.4. The zero-order valence-electron chi connectivity index (χ0n) is 8.77. The second-order valence-electron chi connectivity index (χ2n) is 3.74. The van der Waals surface area contributed by atoms with E-state index in [1.165, 1.54) is 0 Å². The summed E-state index contributed by atoms with van der Waals surface area (Å²) in [7, 11) is 0. The molecule has 0 radical (unpaired) electrons. The molecule has 2 amide bonds. The molecule has 0 spiro atoms. The highest BCUT2D eigenvalue weighted by molar-refractivity contribution is 5.90. The zero-order valence-corrected chi connectivity index (χ0v) is 8.77.